The average molecular weight is 343 g/mol. The topological polar surface area (TPSA) is 62.7 Å². The van der Waals surface area contributed by atoms with Gasteiger partial charge in [-0.1, -0.05) is 6.07 Å². The summed E-state index contributed by atoms with van der Waals surface area (Å²) in [5.74, 6) is 0.299. The van der Waals surface area contributed by atoms with Gasteiger partial charge in [0.05, 0.1) is 5.54 Å². The number of rotatable bonds is 3. The molecule has 0 N–H and O–H groups in total. The van der Waals surface area contributed by atoms with Gasteiger partial charge in [-0.3, -0.25) is 14.6 Å². The summed E-state index contributed by atoms with van der Waals surface area (Å²) in [5.41, 5.74) is 0.819. The van der Waals surface area contributed by atoms with Crippen LogP contribution in [0.15, 0.2) is 24.5 Å². The van der Waals surface area contributed by atoms with Gasteiger partial charge in [-0.05, 0) is 43.7 Å². The fourth-order valence-electron chi connectivity index (χ4n) is 4.51. The quantitative estimate of drug-likeness (QED) is 0.839. The molecule has 3 fully saturated rings. The smallest absolute Gasteiger partial charge is 0.251 e. The molecule has 0 saturated carbocycles. The van der Waals surface area contributed by atoms with Crippen molar-refractivity contribution in [2.45, 2.75) is 56.7 Å². The Morgan fingerprint density at radius 2 is 2.28 bits per heavy atom. The van der Waals surface area contributed by atoms with E-state index in [2.05, 4.69) is 4.98 Å². The Hall–Kier alpha value is -1.95. The van der Waals surface area contributed by atoms with Gasteiger partial charge >= 0.3 is 0 Å². The lowest BCUT2D eigenvalue weighted by Crippen LogP contribution is -2.58. The van der Waals surface area contributed by atoms with Crippen molar-refractivity contribution < 1.29 is 14.3 Å². The van der Waals surface area contributed by atoms with E-state index in [1.165, 1.54) is 0 Å². The third-order valence-corrected chi connectivity index (χ3v) is 5.81. The molecule has 0 radical (unpaired) electrons. The van der Waals surface area contributed by atoms with Crippen molar-refractivity contribution in [3.05, 3.63) is 30.1 Å². The number of hydrogen-bond donors (Lipinski definition) is 0. The molecule has 1 aromatic rings. The summed E-state index contributed by atoms with van der Waals surface area (Å²) >= 11 is 0. The molecule has 1 aromatic heterocycles. The van der Waals surface area contributed by atoms with E-state index in [1.54, 1.807) is 6.20 Å². The van der Waals surface area contributed by atoms with Crippen LogP contribution in [0.2, 0.25) is 0 Å². The van der Waals surface area contributed by atoms with Gasteiger partial charge in [0.1, 0.15) is 6.10 Å². The van der Waals surface area contributed by atoms with Gasteiger partial charge in [0, 0.05) is 45.1 Å². The summed E-state index contributed by atoms with van der Waals surface area (Å²) in [6, 6.07) is 3.90. The lowest BCUT2D eigenvalue weighted by molar-refractivity contribution is -0.147. The minimum Gasteiger partial charge on any atom is -0.368 e. The zero-order valence-corrected chi connectivity index (χ0v) is 14.5. The highest BCUT2D eigenvalue weighted by atomic mass is 16.5. The van der Waals surface area contributed by atoms with Gasteiger partial charge in [0.2, 0.25) is 5.91 Å². The molecule has 0 unspecified atom stereocenters. The van der Waals surface area contributed by atoms with Crippen LogP contribution in [-0.4, -0.2) is 57.9 Å². The maximum atomic E-state index is 12.8. The van der Waals surface area contributed by atoms with Gasteiger partial charge in [-0.2, -0.15) is 0 Å². The number of carbonyl (C=O) groups is 2. The molecule has 4 heterocycles. The zero-order chi connectivity index (χ0) is 17.3. The van der Waals surface area contributed by atoms with E-state index in [1.807, 2.05) is 28.1 Å². The standard InChI is InChI=1S/C19H25N3O3/c23-17-6-8-19(22(17)13-15-4-1-9-20-12-15)7-3-10-21(14-19)18(24)16-5-2-11-25-16/h1,4,9,12,16H,2-3,5-8,10-11,13-14H2/t16-,19-/m0/s1. The minimum absolute atomic E-state index is 0.109. The van der Waals surface area contributed by atoms with Crippen LogP contribution in [0.1, 0.15) is 44.1 Å². The van der Waals surface area contributed by atoms with Crippen molar-refractivity contribution in [2.75, 3.05) is 19.7 Å². The summed E-state index contributed by atoms with van der Waals surface area (Å²) in [6.45, 7) is 2.67. The Morgan fingerprint density at radius 3 is 3.04 bits per heavy atom. The van der Waals surface area contributed by atoms with E-state index in [4.69, 9.17) is 4.74 Å². The van der Waals surface area contributed by atoms with E-state index >= 15 is 0 Å². The van der Waals surface area contributed by atoms with Crippen LogP contribution in [0, 0.1) is 0 Å². The Bertz CT molecular complexity index is 645. The highest BCUT2D eigenvalue weighted by molar-refractivity contribution is 5.83. The molecule has 0 bridgehead atoms. The fourth-order valence-corrected chi connectivity index (χ4v) is 4.51. The molecule has 2 amide bonds. The SMILES string of the molecule is O=C([C@@H]1CCCO1)N1CCC[C@]2(CCC(=O)N2Cc2cccnc2)C1. The van der Waals surface area contributed by atoms with Gasteiger partial charge in [0.15, 0.2) is 0 Å². The molecule has 6 nitrogen and oxygen atoms in total. The summed E-state index contributed by atoms with van der Waals surface area (Å²) < 4.78 is 5.58. The second kappa shape index (κ2) is 6.75. The first kappa shape index (κ1) is 16.5. The number of ether oxygens (including phenoxy) is 1. The zero-order valence-electron chi connectivity index (χ0n) is 14.5. The van der Waals surface area contributed by atoms with Crippen LogP contribution in [0.4, 0.5) is 0 Å². The Kier molecular flexibility index (Phi) is 4.46. The number of nitrogens with zero attached hydrogens (tertiary/aromatic N) is 3. The van der Waals surface area contributed by atoms with E-state index in [-0.39, 0.29) is 23.5 Å². The molecule has 0 aromatic carbocycles. The maximum Gasteiger partial charge on any atom is 0.251 e. The van der Waals surface area contributed by atoms with Gasteiger partial charge in [-0.15, -0.1) is 0 Å². The Morgan fingerprint density at radius 1 is 1.36 bits per heavy atom. The highest BCUT2D eigenvalue weighted by Crippen LogP contribution is 2.39. The number of piperidine rings is 1. The molecule has 134 valence electrons. The monoisotopic (exact) mass is 343 g/mol. The lowest BCUT2D eigenvalue weighted by Gasteiger charge is -2.46. The molecule has 3 aliphatic rings. The van der Waals surface area contributed by atoms with Gasteiger partial charge < -0.3 is 14.5 Å². The van der Waals surface area contributed by atoms with E-state index in [0.29, 0.717) is 26.1 Å². The summed E-state index contributed by atoms with van der Waals surface area (Å²) in [4.78, 5) is 33.4. The summed E-state index contributed by atoms with van der Waals surface area (Å²) in [5, 5.41) is 0. The normalized spacial score (nSPS) is 29.6. The predicted molar refractivity (Wildman–Crippen MR) is 91.5 cm³/mol. The molecular formula is C19H25N3O3. The Labute approximate surface area is 148 Å². The molecule has 6 heteroatoms. The summed E-state index contributed by atoms with van der Waals surface area (Å²) in [7, 11) is 0. The number of aromatic nitrogens is 1. The van der Waals surface area contributed by atoms with Crippen molar-refractivity contribution in [1.82, 2.24) is 14.8 Å². The molecule has 4 rings (SSSR count). The molecule has 25 heavy (non-hydrogen) atoms. The molecule has 3 saturated heterocycles. The average Bonchev–Trinajstić information content (AvgIpc) is 3.27. The molecule has 3 aliphatic heterocycles. The largest absolute Gasteiger partial charge is 0.368 e. The number of carbonyl (C=O) groups excluding carboxylic acids is 2. The molecule has 2 atom stereocenters. The van der Waals surface area contributed by atoms with Crippen LogP contribution < -0.4 is 0 Å². The molecular weight excluding hydrogens is 318 g/mol. The molecule has 0 aliphatic carbocycles. The van der Waals surface area contributed by atoms with E-state index in [9.17, 15) is 9.59 Å². The number of hydrogen-bond acceptors (Lipinski definition) is 4. The predicted octanol–water partition coefficient (Wildman–Crippen LogP) is 1.74. The Balaban J connectivity index is 1.52. The first-order chi connectivity index (χ1) is 12.2. The number of amides is 2. The fraction of sp³-hybridized carbons (Fsp3) is 0.632. The second-order valence-electron chi connectivity index (χ2n) is 7.43. The van der Waals surface area contributed by atoms with Crippen LogP contribution in [0.3, 0.4) is 0 Å². The first-order valence-corrected chi connectivity index (χ1v) is 9.28. The molecule has 1 spiro atoms. The van der Waals surface area contributed by atoms with Crippen molar-refractivity contribution in [3.8, 4) is 0 Å². The van der Waals surface area contributed by atoms with Crippen LogP contribution in [0.25, 0.3) is 0 Å². The lowest BCUT2D eigenvalue weighted by atomic mass is 9.86. The minimum atomic E-state index is -0.279. The highest BCUT2D eigenvalue weighted by Gasteiger charge is 2.49. The van der Waals surface area contributed by atoms with Crippen molar-refractivity contribution in [1.29, 1.82) is 0 Å². The van der Waals surface area contributed by atoms with Crippen molar-refractivity contribution in [3.63, 3.8) is 0 Å². The van der Waals surface area contributed by atoms with Crippen LogP contribution >= 0.6 is 0 Å². The van der Waals surface area contributed by atoms with E-state index < -0.39 is 0 Å². The number of pyridine rings is 1. The summed E-state index contributed by atoms with van der Waals surface area (Å²) in [6.07, 6.45) is 8.37. The van der Waals surface area contributed by atoms with Gasteiger partial charge in [0.25, 0.3) is 5.91 Å². The van der Waals surface area contributed by atoms with Crippen molar-refractivity contribution >= 4 is 11.8 Å². The van der Waals surface area contributed by atoms with Gasteiger partial charge in [-0.25, -0.2) is 0 Å². The van der Waals surface area contributed by atoms with E-state index in [0.717, 1.165) is 44.2 Å². The van der Waals surface area contributed by atoms with Crippen molar-refractivity contribution in [2.24, 2.45) is 0 Å². The van der Waals surface area contributed by atoms with Crippen LogP contribution in [0.5, 0.6) is 0 Å². The third-order valence-electron chi connectivity index (χ3n) is 5.81. The maximum absolute atomic E-state index is 12.8. The third kappa shape index (κ3) is 3.15. The van der Waals surface area contributed by atoms with Crippen LogP contribution in [-0.2, 0) is 20.9 Å². The number of likely N-dealkylation sites (tertiary alicyclic amines) is 2. The second-order valence-corrected chi connectivity index (χ2v) is 7.43. The first-order valence-electron chi connectivity index (χ1n) is 9.28.